The highest BCUT2D eigenvalue weighted by molar-refractivity contribution is 7.09. The topological polar surface area (TPSA) is 59.2 Å². The largest absolute Gasteiger partial charge is 0.339 e. The van der Waals surface area contributed by atoms with Gasteiger partial charge in [-0.25, -0.2) is 0 Å². The van der Waals surface area contributed by atoms with Crippen LogP contribution in [0.15, 0.2) is 46.3 Å². The van der Waals surface area contributed by atoms with E-state index in [2.05, 4.69) is 10.1 Å². The molecular formula is C18H17N3O2S. The van der Waals surface area contributed by atoms with Crippen molar-refractivity contribution in [3.05, 3.63) is 63.9 Å². The number of aromatic nitrogens is 2. The van der Waals surface area contributed by atoms with Gasteiger partial charge in [-0.05, 0) is 30.0 Å². The van der Waals surface area contributed by atoms with Crippen LogP contribution in [0.5, 0.6) is 0 Å². The summed E-state index contributed by atoms with van der Waals surface area (Å²) in [6.07, 6.45) is 1.07. The van der Waals surface area contributed by atoms with Crippen LogP contribution in [0.25, 0.3) is 0 Å². The predicted molar refractivity (Wildman–Crippen MR) is 92.3 cm³/mol. The summed E-state index contributed by atoms with van der Waals surface area (Å²) in [5, 5.41) is 6.13. The zero-order valence-electron chi connectivity index (χ0n) is 13.3. The van der Waals surface area contributed by atoms with Gasteiger partial charge >= 0.3 is 0 Å². The van der Waals surface area contributed by atoms with E-state index in [-0.39, 0.29) is 11.8 Å². The first kappa shape index (κ1) is 15.1. The lowest BCUT2D eigenvalue weighted by atomic mass is 10.1. The molecule has 6 heteroatoms. The average molecular weight is 339 g/mol. The third-order valence-electron chi connectivity index (χ3n) is 4.29. The monoisotopic (exact) mass is 339 g/mol. The number of hydrogen-bond acceptors (Lipinski definition) is 5. The van der Waals surface area contributed by atoms with Crippen LogP contribution in [-0.2, 0) is 11.2 Å². The number of amides is 1. The molecule has 122 valence electrons. The normalized spacial score (nSPS) is 17.6. The molecule has 0 aliphatic carbocycles. The second kappa shape index (κ2) is 6.20. The lowest BCUT2D eigenvalue weighted by Gasteiger charge is -2.18. The van der Waals surface area contributed by atoms with Crippen molar-refractivity contribution < 1.29 is 9.32 Å². The van der Waals surface area contributed by atoms with Gasteiger partial charge < -0.3 is 9.42 Å². The highest BCUT2D eigenvalue weighted by Gasteiger charge is 2.35. The number of carbonyl (C=O) groups excluding carboxylic acids is 1. The molecule has 24 heavy (non-hydrogen) atoms. The zero-order valence-corrected chi connectivity index (χ0v) is 14.1. The molecule has 1 aliphatic rings. The van der Waals surface area contributed by atoms with Gasteiger partial charge in [0, 0.05) is 29.4 Å². The summed E-state index contributed by atoms with van der Waals surface area (Å²) in [6, 6.07) is 12.0. The van der Waals surface area contributed by atoms with Gasteiger partial charge in [-0.2, -0.15) is 4.98 Å². The molecule has 3 aromatic rings. The first-order valence-corrected chi connectivity index (χ1v) is 8.79. The van der Waals surface area contributed by atoms with Crippen molar-refractivity contribution in [3.63, 3.8) is 0 Å². The summed E-state index contributed by atoms with van der Waals surface area (Å²) in [5.74, 6) is 1.33. The lowest BCUT2D eigenvalue weighted by Crippen LogP contribution is -2.25. The van der Waals surface area contributed by atoms with Crippen molar-refractivity contribution in [1.29, 1.82) is 0 Å². The third-order valence-corrected chi connectivity index (χ3v) is 5.16. The van der Waals surface area contributed by atoms with E-state index >= 15 is 0 Å². The maximum atomic E-state index is 12.4. The Balaban J connectivity index is 1.51. The molecule has 1 amide bonds. The highest BCUT2D eigenvalue weighted by atomic mass is 32.1. The zero-order chi connectivity index (χ0) is 16.5. The molecule has 0 bridgehead atoms. The molecule has 1 fully saturated rings. The SMILES string of the molecule is Cc1ccccc1N1CC(c2noc(Cc3cccs3)n2)CC1=O. The van der Waals surface area contributed by atoms with Gasteiger partial charge in [-0.3, -0.25) is 4.79 Å². The molecule has 5 nitrogen and oxygen atoms in total. The number of para-hydroxylation sites is 1. The maximum absolute atomic E-state index is 12.4. The van der Waals surface area contributed by atoms with Crippen LogP contribution in [0, 0.1) is 6.92 Å². The fourth-order valence-electron chi connectivity index (χ4n) is 3.05. The average Bonchev–Trinajstić information content (AvgIpc) is 3.30. The summed E-state index contributed by atoms with van der Waals surface area (Å²) in [5.41, 5.74) is 2.06. The van der Waals surface area contributed by atoms with Gasteiger partial charge in [-0.15, -0.1) is 11.3 Å². The van der Waals surface area contributed by atoms with Crippen LogP contribution in [0.3, 0.4) is 0 Å². The molecule has 3 heterocycles. The number of carbonyl (C=O) groups is 1. The van der Waals surface area contributed by atoms with Gasteiger partial charge in [0.2, 0.25) is 11.8 Å². The van der Waals surface area contributed by atoms with Crippen molar-refractivity contribution in [3.8, 4) is 0 Å². The molecule has 4 rings (SSSR count). The van der Waals surface area contributed by atoms with Crippen LogP contribution in [0.4, 0.5) is 5.69 Å². The molecule has 1 aromatic carbocycles. The fourth-order valence-corrected chi connectivity index (χ4v) is 3.74. The first-order chi connectivity index (χ1) is 11.7. The van der Waals surface area contributed by atoms with Crippen molar-refractivity contribution in [1.82, 2.24) is 10.1 Å². The van der Waals surface area contributed by atoms with Gasteiger partial charge in [0.15, 0.2) is 5.82 Å². The standard InChI is InChI=1S/C18H17N3O2S/c1-12-5-2-3-7-15(12)21-11-13(9-17(21)22)18-19-16(23-20-18)10-14-6-4-8-24-14/h2-8,13H,9-11H2,1H3. The molecule has 1 unspecified atom stereocenters. The molecule has 1 atom stereocenters. The van der Waals surface area contributed by atoms with Gasteiger partial charge in [0.25, 0.3) is 0 Å². The summed E-state index contributed by atoms with van der Waals surface area (Å²) >= 11 is 1.67. The minimum Gasteiger partial charge on any atom is -0.339 e. The quantitative estimate of drug-likeness (QED) is 0.729. The van der Waals surface area contributed by atoms with E-state index in [4.69, 9.17) is 4.52 Å². The molecule has 0 N–H and O–H groups in total. The Morgan fingerprint density at radius 3 is 2.96 bits per heavy atom. The molecule has 1 aliphatic heterocycles. The third kappa shape index (κ3) is 2.85. The number of anilines is 1. The van der Waals surface area contributed by atoms with Crippen molar-refractivity contribution in [2.24, 2.45) is 0 Å². The summed E-state index contributed by atoms with van der Waals surface area (Å²) in [7, 11) is 0. The number of benzene rings is 1. The number of nitrogens with zero attached hydrogens (tertiary/aromatic N) is 3. The Hall–Kier alpha value is -2.47. The van der Waals surface area contributed by atoms with Crippen LogP contribution in [0.2, 0.25) is 0 Å². The van der Waals surface area contributed by atoms with Gasteiger partial charge in [0.05, 0.1) is 6.42 Å². The van der Waals surface area contributed by atoms with Crippen molar-refractivity contribution >= 4 is 22.9 Å². The van der Waals surface area contributed by atoms with Crippen LogP contribution in [0.1, 0.15) is 34.5 Å². The van der Waals surface area contributed by atoms with Crippen LogP contribution < -0.4 is 4.90 Å². The Bertz CT molecular complexity index is 857. The van der Waals surface area contributed by atoms with Crippen molar-refractivity contribution in [2.75, 3.05) is 11.4 Å². The van der Waals surface area contributed by atoms with E-state index in [1.807, 2.05) is 53.6 Å². The van der Waals surface area contributed by atoms with E-state index in [1.54, 1.807) is 11.3 Å². The molecule has 0 saturated carbocycles. The number of thiophene rings is 1. The van der Waals surface area contributed by atoms with Gasteiger partial charge in [-0.1, -0.05) is 29.4 Å². The van der Waals surface area contributed by atoms with Crippen LogP contribution >= 0.6 is 11.3 Å². The minimum atomic E-state index is -0.0158. The fraction of sp³-hybridized carbons (Fsp3) is 0.278. The Morgan fingerprint density at radius 1 is 1.29 bits per heavy atom. The van der Waals surface area contributed by atoms with Gasteiger partial charge in [0.1, 0.15) is 0 Å². The lowest BCUT2D eigenvalue weighted by molar-refractivity contribution is -0.117. The Kier molecular flexibility index (Phi) is 3.90. The summed E-state index contributed by atoms with van der Waals surface area (Å²) in [4.78, 5) is 19.9. The number of hydrogen-bond donors (Lipinski definition) is 0. The Labute approximate surface area is 143 Å². The molecule has 0 spiro atoms. The Morgan fingerprint density at radius 2 is 2.17 bits per heavy atom. The number of rotatable bonds is 4. The molecule has 2 aromatic heterocycles. The molecule has 0 radical (unpaired) electrons. The first-order valence-electron chi connectivity index (χ1n) is 7.91. The number of aryl methyl sites for hydroxylation is 1. The summed E-state index contributed by atoms with van der Waals surface area (Å²) < 4.78 is 5.37. The predicted octanol–water partition coefficient (Wildman–Crippen LogP) is 3.55. The second-order valence-electron chi connectivity index (χ2n) is 5.99. The van der Waals surface area contributed by atoms with E-state index in [0.717, 1.165) is 11.3 Å². The highest BCUT2D eigenvalue weighted by Crippen LogP contribution is 2.32. The second-order valence-corrected chi connectivity index (χ2v) is 7.03. The molecule has 1 saturated heterocycles. The molecular weight excluding hydrogens is 322 g/mol. The van der Waals surface area contributed by atoms with E-state index < -0.39 is 0 Å². The maximum Gasteiger partial charge on any atom is 0.231 e. The smallest absolute Gasteiger partial charge is 0.231 e. The summed E-state index contributed by atoms with van der Waals surface area (Å²) in [6.45, 7) is 2.62. The van der Waals surface area contributed by atoms with Crippen molar-refractivity contribution in [2.45, 2.75) is 25.7 Å². The van der Waals surface area contributed by atoms with E-state index in [0.29, 0.717) is 31.1 Å². The van der Waals surface area contributed by atoms with Crippen LogP contribution in [-0.4, -0.2) is 22.6 Å². The minimum absolute atomic E-state index is 0.0158. The van der Waals surface area contributed by atoms with E-state index in [9.17, 15) is 4.79 Å². The van der Waals surface area contributed by atoms with E-state index in [1.165, 1.54) is 4.88 Å².